The number of rotatable bonds is 3. The maximum atomic E-state index is 15.0. The van der Waals surface area contributed by atoms with E-state index in [1.165, 1.54) is 0 Å². The normalized spacial score (nSPS) is 14.0. The fourth-order valence-corrected chi connectivity index (χ4v) is 3.05. The Bertz CT molecular complexity index is 888. The van der Waals surface area contributed by atoms with Crippen LogP contribution in [0.15, 0.2) is 96.8 Å². The van der Waals surface area contributed by atoms with E-state index >= 15 is 0 Å². The molecule has 23 heavy (non-hydrogen) atoms. The third kappa shape index (κ3) is 2.31. The highest BCUT2D eigenvalue weighted by Crippen LogP contribution is 2.52. The Morgan fingerprint density at radius 2 is 0.739 bits per heavy atom. The van der Waals surface area contributed by atoms with Crippen molar-refractivity contribution < 1.29 is 4.39 Å². The van der Waals surface area contributed by atoms with Gasteiger partial charge in [-0.1, -0.05) is 91.0 Å². The topological polar surface area (TPSA) is 0 Å². The van der Waals surface area contributed by atoms with Gasteiger partial charge in [-0.3, -0.25) is 0 Å². The lowest BCUT2D eigenvalue weighted by Gasteiger charge is -2.28. The molecule has 0 aliphatic heterocycles. The van der Waals surface area contributed by atoms with Gasteiger partial charge in [-0.25, -0.2) is 4.39 Å². The largest absolute Gasteiger partial charge is 0.206 e. The number of benzene rings is 3. The standard InChI is InChI=1S/C22H15F/c23-22-20(17-12-6-2-7-13-17)19(16-10-4-1-5-11-16)21(22)18-14-8-3-9-15-18/h1-15H. The highest BCUT2D eigenvalue weighted by molar-refractivity contribution is 6.28. The molecule has 0 saturated heterocycles. The molecule has 1 aliphatic carbocycles. The first-order valence-electron chi connectivity index (χ1n) is 7.67. The lowest BCUT2D eigenvalue weighted by Crippen LogP contribution is -2.08. The SMILES string of the molecule is FC1=C(c2ccccc2)C(c2ccccc2)=C1c1ccccc1. The lowest BCUT2D eigenvalue weighted by atomic mass is 9.76. The summed E-state index contributed by atoms with van der Waals surface area (Å²) in [5.74, 6) is -0.124. The first-order valence-corrected chi connectivity index (χ1v) is 7.67. The second kappa shape index (κ2) is 5.69. The Kier molecular flexibility index (Phi) is 3.39. The van der Waals surface area contributed by atoms with Gasteiger partial charge in [0.05, 0.1) is 0 Å². The van der Waals surface area contributed by atoms with Crippen molar-refractivity contribution >= 4 is 16.7 Å². The van der Waals surface area contributed by atoms with Gasteiger partial charge >= 0.3 is 0 Å². The Morgan fingerprint density at radius 3 is 1.17 bits per heavy atom. The van der Waals surface area contributed by atoms with Crippen molar-refractivity contribution in [3.63, 3.8) is 0 Å². The monoisotopic (exact) mass is 298 g/mol. The molecule has 0 aromatic heterocycles. The number of halogens is 1. The van der Waals surface area contributed by atoms with Crippen molar-refractivity contribution in [1.82, 2.24) is 0 Å². The average molecular weight is 298 g/mol. The fourth-order valence-electron chi connectivity index (χ4n) is 3.05. The van der Waals surface area contributed by atoms with Crippen molar-refractivity contribution in [2.24, 2.45) is 0 Å². The lowest BCUT2D eigenvalue weighted by molar-refractivity contribution is 0.673. The maximum Gasteiger partial charge on any atom is 0.140 e. The highest BCUT2D eigenvalue weighted by atomic mass is 19.1. The summed E-state index contributed by atoms with van der Waals surface area (Å²) in [6, 6.07) is 29.5. The van der Waals surface area contributed by atoms with Crippen LogP contribution in [0, 0.1) is 0 Å². The van der Waals surface area contributed by atoms with Crippen molar-refractivity contribution in [3.8, 4) is 0 Å². The molecular formula is C22H15F. The zero-order valence-corrected chi connectivity index (χ0v) is 12.5. The number of hydrogen-bond donors (Lipinski definition) is 0. The van der Waals surface area contributed by atoms with E-state index < -0.39 is 0 Å². The molecule has 0 spiro atoms. The van der Waals surface area contributed by atoms with Gasteiger partial charge in [0.1, 0.15) is 5.83 Å². The third-order valence-electron chi connectivity index (χ3n) is 4.13. The van der Waals surface area contributed by atoms with Gasteiger partial charge in [-0.2, -0.15) is 0 Å². The van der Waals surface area contributed by atoms with Gasteiger partial charge < -0.3 is 0 Å². The van der Waals surface area contributed by atoms with Gasteiger partial charge in [0, 0.05) is 16.7 Å². The van der Waals surface area contributed by atoms with E-state index in [9.17, 15) is 4.39 Å². The van der Waals surface area contributed by atoms with Crippen LogP contribution >= 0.6 is 0 Å². The Hall–Kier alpha value is -2.93. The van der Waals surface area contributed by atoms with E-state index in [0.29, 0.717) is 11.1 Å². The van der Waals surface area contributed by atoms with Crippen LogP contribution < -0.4 is 0 Å². The number of allylic oxidation sites excluding steroid dienone is 4. The van der Waals surface area contributed by atoms with Gasteiger partial charge in [0.15, 0.2) is 0 Å². The Morgan fingerprint density at radius 1 is 0.391 bits per heavy atom. The molecular weight excluding hydrogens is 283 g/mol. The van der Waals surface area contributed by atoms with Crippen LogP contribution in [-0.2, 0) is 0 Å². The zero-order chi connectivity index (χ0) is 15.6. The molecule has 0 bridgehead atoms. The van der Waals surface area contributed by atoms with Gasteiger partial charge in [-0.15, -0.1) is 0 Å². The molecule has 0 fully saturated rings. The second-order valence-corrected chi connectivity index (χ2v) is 5.54. The molecule has 0 nitrogen and oxygen atoms in total. The van der Waals surface area contributed by atoms with Gasteiger partial charge in [0.25, 0.3) is 0 Å². The van der Waals surface area contributed by atoms with Crippen LogP contribution in [0.3, 0.4) is 0 Å². The van der Waals surface area contributed by atoms with E-state index in [4.69, 9.17) is 0 Å². The van der Waals surface area contributed by atoms with E-state index in [1.54, 1.807) is 0 Å². The van der Waals surface area contributed by atoms with Crippen LogP contribution in [0.5, 0.6) is 0 Å². The molecule has 0 saturated carbocycles. The Labute approximate surface area is 135 Å². The summed E-state index contributed by atoms with van der Waals surface area (Å²) in [5.41, 5.74) is 5.28. The van der Waals surface area contributed by atoms with Crippen LogP contribution in [0.25, 0.3) is 16.7 Å². The summed E-state index contributed by atoms with van der Waals surface area (Å²) in [7, 11) is 0. The highest BCUT2D eigenvalue weighted by Gasteiger charge is 2.32. The van der Waals surface area contributed by atoms with Crippen molar-refractivity contribution in [1.29, 1.82) is 0 Å². The van der Waals surface area contributed by atoms with E-state index in [2.05, 4.69) is 0 Å². The maximum absolute atomic E-state index is 15.0. The predicted molar refractivity (Wildman–Crippen MR) is 94.2 cm³/mol. The quantitative estimate of drug-likeness (QED) is 0.557. The first kappa shape index (κ1) is 13.7. The molecule has 3 aromatic rings. The molecule has 1 aliphatic rings. The smallest absolute Gasteiger partial charge is 0.140 e. The molecule has 4 rings (SSSR count). The van der Waals surface area contributed by atoms with Crippen molar-refractivity contribution in [2.45, 2.75) is 0 Å². The summed E-state index contributed by atoms with van der Waals surface area (Å²) >= 11 is 0. The van der Waals surface area contributed by atoms with E-state index in [1.807, 2.05) is 91.0 Å². The summed E-state index contributed by atoms with van der Waals surface area (Å²) < 4.78 is 15.0. The molecule has 0 radical (unpaired) electrons. The van der Waals surface area contributed by atoms with Gasteiger partial charge in [0.2, 0.25) is 0 Å². The molecule has 0 N–H and O–H groups in total. The van der Waals surface area contributed by atoms with Crippen LogP contribution in [0.1, 0.15) is 16.7 Å². The molecule has 0 amide bonds. The van der Waals surface area contributed by atoms with Gasteiger partial charge in [-0.05, 0) is 16.7 Å². The molecule has 0 heterocycles. The average Bonchev–Trinajstić information content (AvgIpc) is 2.62. The number of hydrogen-bond acceptors (Lipinski definition) is 0. The van der Waals surface area contributed by atoms with Crippen LogP contribution in [0.4, 0.5) is 4.39 Å². The second-order valence-electron chi connectivity index (χ2n) is 5.54. The summed E-state index contributed by atoms with van der Waals surface area (Å²) in [6.07, 6.45) is 0. The molecule has 1 heteroatoms. The summed E-state index contributed by atoms with van der Waals surface area (Å²) in [4.78, 5) is 0. The van der Waals surface area contributed by atoms with Crippen LogP contribution in [0.2, 0.25) is 0 Å². The van der Waals surface area contributed by atoms with Crippen molar-refractivity contribution in [2.75, 3.05) is 0 Å². The third-order valence-corrected chi connectivity index (χ3v) is 4.13. The molecule has 0 atom stereocenters. The molecule has 110 valence electrons. The minimum absolute atomic E-state index is 0.124. The van der Waals surface area contributed by atoms with E-state index in [0.717, 1.165) is 22.3 Å². The zero-order valence-electron chi connectivity index (χ0n) is 12.5. The van der Waals surface area contributed by atoms with Crippen LogP contribution in [-0.4, -0.2) is 0 Å². The molecule has 0 unspecified atom stereocenters. The van der Waals surface area contributed by atoms with E-state index in [-0.39, 0.29) is 5.83 Å². The van der Waals surface area contributed by atoms with Crippen molar-refractivity contribution in [3.05, 3.63) is 114 Å². The Balaban J connectivity index is 1.90. The minimum atomic E-state index is -0.124. The summed E-state index contributed by atoms with van der Waals surface area (Å²) in [5, 5.41) is 0. The summed E-state index contributed by atoms with van der Waals surface area (Å²) in [6.45, 7) is 0. The first-order chi connectivity index (χ1) is 11.4. The fraction of sp³-hybridized carbons (Fsp3) is 0. The molecule has 3 aromatic carbocycles. The predicted octanol–water partition coefficient (Wildman–Crippen LogP) is 5.99. The minimum Gasteiger partial charge on any atom is -0.206 e.